The number of sulfonamides is 1. The zero-order valence-electron chi connectivity index (χ0n) is 13.4. The molecule has 0 saturated carbocycles. The molecular weight excluding hydrogens is 344 g/mol. The summed E-state index contributed by atoms with van der Waals surface area (Å²) in [6.45, 7) is 0.390. The molecule has 0 aliphatic rings. The third-order valence-corrected chi connectivity index (χ3v) is 4.96. The molecule has 1 N–H and O–H groups in total. The van der Waals surface area contributed by atoms with Crippen molar-refractivity contribution in [1.82, 2.24) is 9.29 Å². The molecule has 8 heteroatoms. The minimum absolute atomic E-state index is 0.0186. The molecular formula is C17H18N2O5S. The van der Waals surface area contributed by atoms with Crippen LogP contribution in [0.25, 0.3) is 11.1 Å². The van der Waals surface area contributed by atoms with E-state index in [1.807, 2.05) is 18.2 Å². The molecule has 0 fully saturated rings. The van der Waals surface area contributed by atoms with Gasteiger partial charge in [-0.25, -0.2) is 17.9 Å². The van der Waals surface area contributed by atoms with Crippen molar-refractivity contribution >= 4 is 21.1 Å². The number of nitrogens with zero attached hydrogens (tertiary/aromatic N) is 1. The Bertz CT molecular complexity index is 993. The van der Waals surface area contributed by atoms with E-state index in [1.54, 1.807) is 36.4 Å². The number of hydrogen-bond acceptors (Lipinski definition) is 5. The van der Waals surface area contributed by atoms with Gasteiger partial charge in [0.25, 0.3) is 0 Å². The Morgan fingerprint density at radius 1 is 1.04 bits per heavy atom. The van der Waals surface area contributed by atoms with Crippen molar-refractivity contribution in [2.24, 2.45) is 0 Å². The SMILES string of the molecule is O=c1oc2ccccc2n1CCS(=O)(=O)NCCOc1ccccc1. The molecule has 1 aromatic heterocycles. The lowest BCUT2D eigenvalue weighted by atomic mass is 10.3. The molecule has 7 nitrogen and oxygen atoms in total. The van der Waals surface area contributed by atoms with E-state index in [-0.39, 0.29) is 25.4 Å². The predicted octanol–water partition coefficient (Wildman–Crippen LogP) is 1.59. The number of para-hydroxylation sites is 3. The average molecular weight is 362 g/mol. The van der Waals surface area contributed by atoms with E-state index in [0.29, 0.717) is 16.8 Å². The van der Waals surface area contributed by atoms with Crippen LogP contribution in [-0.2, 0) is 16.6 Å². The van der Waals surface area contributed by atoms with Crippen molar-refractivity contribution in [2.75, 3.05) is 18.9 Å². The smallest absolute Gasteiger partial charge is 0.419 e. The molecule has 0 amide bonds. The van der Waals surface area contributed by atoms with Gasteiger partial charge in [0.15, 0.2) is 5.58 Å². The van der Waals surface area contributed by atoms with Gasteiger partial charge in [-0.1, -0.05) is 30.3 Å². The van der Waals surface area contributed by atoms with Gasteiger partial charge in [-0.15, -0.1) is 0 Å². The summed E-state index contributed by atoms with van der Waals surface area (Å²) in [5, 5.41) is 0. The molecule has 0 atom stereocenters. The first-order valence-electron chi connectivity index (χ1n) is 7.79. The number of benzene rings is 2. The Kier molecular flexibility index (Phi) is 5.20. The Morgan fingerprint density at radius 2 is 1.76 bits per heavy atom. The fraction of sp³-hybridized carbons (Fsp3) is 0.235. The summed E-state index contributed by atoms with van der Waals surface area (Å²) in [6, 6.07) is 16.0. The number of ether oxygens (including phenoxy) is 1. The van der Waals surface area contributed by atoms with Crippen molar-refractivity contribution in [3.63, 3.8) is 0 Å². The molecule has 0 aliphatic carbocycles. The highest BCUT2D eigenvalue weighted by molar-refractivity contribution is 7.89. The fourth-order valence-electron chi connectivity index (χ4n) is 2.39. The molecule has 25 heavy (non-hydrogen) atoms. The zero-order chi connectivity index (χ0) is 17.7. The van der Waals surface area contributed by atoms with Crippen LogP contribution in [0.4, 0.5) is 0 Å². The first-order chi connectivity index (χ1) is 12.1. The lowest BCUT2D eigenvalue weighted by Gasteiger charge is -2.08. The van der Waals surface area contributed by atoms with Crippen molar-refractivity contribution in [2.45, 2.75) is 6.54 Å². The molecule has 132 valence electrons. The second-order valence-electron chi connectivity index (χ2n) is 5.36. The Morgan fingerprint density at radius 3 is 2.56 bits per heavy atom. The van der Waals surface area contributed by atoms with Crippen molar-refractivity contribution in [3.05, 3.63) is 65.1 Å². The number of oxazole rings is 1. The van der Waals surface area contributed by atoms with Crippen LogP contribution in [0.1, 0.15) is 0 Å². The van der Waals surface area contributed by atoms with E-state index < -0.39 is 15.8 Å². The van der Waals surface area contributed by atoms with Crippen LogP contribution in [0.2, 0.25) is 0 Å². The van der Waals surface area contributed by atoms with E-state index in [2.05, 4.69) is 4.72 Å². The summed E-state index contributed by atoms with van der Waals surface area (Å²) in [7, 11) is -3.53. The second kappa shape index (κ2) is 7.54. The normalized spacial score (nSPS) is 11.7. The number of nitrogens with one attached hydrogen (secondary N) is 1. The number of rotatable bonds is 8. The van der Waals surface area contributed by atoms with E-state index >= 15 is 0 Å². The first-order valence-corrected chi connectivity index (χ1v) is 9.44. The Balaban J connectivity index is 1.53. The van der Waals surface area contributed by atoms with Crippen LogP contribution >= 0.6 is 0 Å². The van der Waals surface area contributed by atoms with Crippen LogP contribution in [0, 0.1) is 0 Å². The standard InChI is InChI=1S/C17H18N2O5S/c20-17-19(15-8-4-5-9-16(15)24-17)11-13-25(21,22)18-10-12-23-14-6-2-1-3-7-14/h1-9,18H,10-13H2. The number of aryl methyl sites for hydroxylation is 1. The van der Waals surface area contributed by atoms with Gasteiger partial charge < -0.3 is 9.15 Å². The lowest BCUT2D eigenvalue weighted by Crippen LogP contribution is -2.32. The first kappa shape index (κ1) is 17.2. The molecule has 3 aromatic rings. The van der Waals surface area contributed by atoms with E-state index in [4.69, 9.17) is 9.15 Å². The number of aromatic nitrogens is 1. The van der Waals surface area contributed by atoms with Crippen LogP contribution in [-0.4, -0.2) is 31.9 Å². The maximum atomic E-state index is 12.1. The highest BCUT2D eigenvalue weighted by Crippen LogP contribution is 2.11. The van der Waals surface area contributed by atoms with Gasteiger partial charge in [-0.3, -0.25) is 4.57 Å². The summed E-state index contributed by atoms with van der Waals surface area (Å²) >= 11 is 0. The topological polar surface area (TPSA) is 90.5 Å². The van der Waals surface area contributed by atoms with Crippen LogP contribution < -0.4 is 15.2 Å². The third-order valence-electron chi connectivity index (χ3n) is 3.59. The van der Waals surface area contributed by atoms with Gasteiger partial charge in [0.2, 0.25) is 10.0 Å². The fourth-order valence-corrected chi connectivity index (χ4v) is 3.35. The minimum atomic E-state index is -3.53. The maximum Gasteiger partial charge on any atom is 0.419 e. The van der Waals surface area contributed by atoms with Crippen LogP contribution in [0.5, 0.6) is 5.75 Å². The third kappa shape index (κ3) is 4.49. The van der Waals surface area contributed by atoms with Gasteiger partial charge >= 0.3 is 5.76 Å². The van der Waals surface area contributed by atoms with Gasteiger partial charge in [0.1, 0.15) is 12.4 Å². The van der Waals surface area contributed by atoms with E-state index in [0.717, 1.165) is 0 Å². The van der Waals surface area contributed by atoms with E-state index in [9.17, 15) is 13.2 Å². The van der Waals surface area contributed by atoms with Gasteiger partial charge in [0.05, 0.1) is 11.3 Å². The Hall–Kier alpha value is -2.58. The highest BCUT2D eigenvalue weighted by atomic mass is 32.2. The molecule has 0 spiro atoms. The van der Waals surface area contributed by atoms with E-state index in [1.165, 1.54) is 4.57 Å². The maximum absolute atomic E-state index is 12.1. The van der Waals surface area contributed by atoms with Gasteiger partial charge in [0, 0.05) is 13.1 Å². The quantitative estimate of drug-likeness (QED) is 0.615. The summed E-state index contributed by atoms with van der Waals surface area (Å²) < 4.78 is 38.4. The minimum Gasteiger partial charge on any atom is -0.492 e. The molecule has 0 radical (unpaired) electrons. The largest absolute Gasteiger partial charge is 0.492 e. The number of hydrogen-bond donors (Lipinski definition) is 1. The zero-order valence-corrected chi connectivity index (χ0v) is 14.2. The molecule has 0 aliphatic heterocycles. The lowest BCUT2D eigenvalue weighted by molar-refractivity contribution is 0.323. The summed E-state index contributed by atoms with van der Waals surface area (Å²) in [6.07, 6.45) is 0. The van der Waals surface area contributed by atoms with Crippen molar-refractivity contribution in [3.8, 4) is 5.75 Å². The predicted molar refractivity (Wildman–Crippen MR) is 94.2 cm³/mol. The molecule has 1 heterocycles. The monoisotopic (exact) mass is 362 g/mol. The molecule has 0 unspecified atom stereocenters. The average Bonchev–Trinajstić information content (AvgIpc) is 2.93. The van der Waals surface area contributed by atoms with Crippen molar-refractivity contribution in [1.29, 1.82) is 0 Å². The summed E-state index contributed by atoms with van der Waals surface area (Å²) in [5.41, 5.74) is 1.02. The van der Waals surface area contributed by atoms with Crippen LogP contribution in [0.3, 0.4) is 0 Å². The van der Waals surface area contributed by atoms with Gasteiger partial charge in [-0.2, -0.15) is 0 Å². The molecule has 2 aromatic carbocycles. The molecule has 0 saturated heterocycles. The molecule has 3 rings (SSSR count). The summed E-state index contributed by atoms with van der Waals surface area (Å²) in [4.78, 5) is 11.8. The van der Waals surface area contributed by atoms with Crippen molar-refractivity contribution < 1.29 is 17.6 Å². The van der Waals surface area contributed by atoms with Gasteiger partial charge in [-0.05, 0) is 24.3 Å². The van der Waals surface area contributed by atoms with Crippen LogP contribution in [0.15, 0.2) is 63.8 Å². The highest BCUT2D eigenvalue weighted by Gasteiger charge is 2.14. The number of fused-ring (bicyclic) bond motifs is 1. The summed E-state index contributed by atoms with van der Waals surface area (Å²) in [5.74, 6) is -0.108. The second-order valence-corrected chi connectivity index (χ2v) is 7.29. The Labute approximate surface area is 144 Å². The molecule has 0 bridgehead atoms.